The molecule has 0 aromatic heterocycles. The lowest BCUT2D eigenvalue weighted by Crippen LogP contribution is -2.63. The van der Waals surface area contributed by atoms with Gasteiger partial charge in [-0.25, -0.2) is 4.79 Å². The average Bonchev–Trinajstić information content (AvgIpc) is 3.48. The highest BCUT2D eigenvalue weighted by Crippen LogP contribution is 2.51. The summed E-state index contributed by atoms with van der Waals surface area (Å²) in [5.74, 6) is 2.42. The zero-order chi connectivity index (χ0) is 20.3. The summed E-state index contributed by atoms with van der Waals surface area (Å²) in [6.45, 7) is 5.88. The minimum Gasteiger partial charge on any atom is -0.450 e. The molecular formula is C24H33N3O2. The molecule has 2 heterocycles. The number of carbonyl (C=O) groups excluding carboxylic acids is 1. The van der Waals surface area contributed by atoms with Crippen LogP contribution in [0.3, 0.4) is 0 Å². The number of ether oxygens (including phenoxy) is 1. The van der Waals surface area contributed by atoms with Gasteiger partial charge in [-0.05, 0) is 62.3 Å². The Hall–Kier alpha value is -2.06. The van der Waals surface area contributed by atoms with Crippen molar-refractivity contribution in [1.29, 1.82) is 5.26 Å². The van der Waals surface area contributed by atoms with Gasteiger partial charge in [-0.3, -0.25) is 4.90 Å². The number of rotatable bonds is 7. The third-order valence-corrected chi connectivity index (χ3v) is 7.35. The molecule has 0 N–H and O–H groups in total. The molecule has 1 amide bonds. The molecule has 156 valence electrons. The second kappa shape index (κ2) is 8.75. The van der Waals surface area contributed by atoms with Crippen LogP contribution in [0.25, 0.3) is 0 Å². The van der Waals surface area contributed by atoms with E-state index >= 15 is 0 Å². The molecule has 1 aliphatic carbocycles. The van der Waals surface area contributed by atoms with Crippen LogP contribution < -0.4 is 0 Å². The SMILES string of the molecule is CCOC(=O)N1CCC(CC#N)(N2CC(CCC3CC3c3ccccc3)C2)CC1. The largest absolute Gasteiger partial charge is 0.450 e. The summed E-state index contributed by atoms with van der Waals surface area (Å²) >= 11 is 0. The fourth-order valence-electron chi connectivity index (χ4n) is 5.34. The molecule has 5 nitrogen and oxygen atoms in total. The fraction of sp³-hybridized carbons (Fsp3) is 0.667. The van der Waals surface area contributed by atoms with E-state index < -0.39 is 0 Å². The molecule has 2 aliphatic heterocycles. The average molecular weight is 396 g/mol. The molecule has 3 aliphatic rings. The van der Waals surface area contributed by atoms with Gasteiger partial charge < -0.3 is 9.64 Å². The Balaban J connectivity index is 1.22. The van der Waals surface area contributed by atoms with Crippen LogP contribution in [0.2, 0.25) is 0 Å². The zero-order valence-corrected chi connectivity index (χ0v) is 17.6. The molecule has 0 spiro atoms. The standard InChI is InChI=1S/C24H33N3O2/c1-2-29-23(28)26-14-11-24(10-13-25,12-15-26)27-17-19(18-27)8-9-21-16-22(21)20-6-4-3-5-7-20/h3-7,19,21-22H,2,8-12,14-18H2,1H3. The lowest BCUT2D eigenvalue weighted by molar-refractivity contribution is -0.0501. The maximum atomic E-state index is 12.0. The molecule has 0 bridgehead atoms. The summed E-state index contributed by atoms with van der Waals surface area (Å²) in [4.78, 5) is 16.3. The predicted octanol–water partition coefficient (Wildman–Crippen LogP) is 4.41. The van der Waals surface area contributed by atoms with Crippen LogP contribution in [-0.2, 0) is 4.74 Å². The van der Waals surface area contributed by atoms with E-state index in [1.165, 1.54) is 24.8 Å². The Kier molecular flexibility index (Phi) is 6.10. The van der Waals surface area contributed by atoms with Crippen molar-refractivity contribution >= 4 is 6.09 Å². The van der Waals surface area contributed by atoms with Gasteiger partial charge in [0, 0.05) is 31.7 Å². The number of amides is 1. The van der Waals surface area contributed by atoms with Crippen molar-refractivity contribution in [3.63, 3.8) is 0 Å². The zero-order valence-electron chi connectivity index (χ0n) is 17.6. The minimum absolute atomic E-state index is 0.0413. The van der Waals surface area contributed by atoms with Crippen molar-refractivity contribution in [2.24, 2.45) is 11.8 Å². The van der Waals surface area contributed by atoms with Crippen LogP contribution in [0.15, 0.2) is 30.3 Å². The van der Waals surface area contributed by atoms with E-state index in [4.69, 9.17) is 4.74 Å². The van der Waals surface area contributed by atoms with Crippen LogP contribution >= 0.6 is 0 Å². The van der Waals surface area contributed by atoms with Crippen molar-refractivity contribution in [3.05, 3.63) is 35.9 Å². The van der Waals surface area contributed by atoms with E-state index in [2.05, 4.69) is 41.3 Å². The topological polar surface area (TPSA) is 56.6 Å². The van der Waals surface area contributed by atoms with E-state index in [-0.39, 0.29) is 11.6 Å². The first-order valence-corrected chi connectivity index (χ1v) is 11.2. The first kappa shape index (κ1) is 20.2. The van der Waals surface area contributed by atoms with Gasteiger partial charge in [-0.2, -0.15) is 5.26 Å². The number of benzene rings is 1. The summed E-state index contributed by atoms with van der Waals surface area (Å²) in [7, 11) is 0. The van der Waals surface area contributed by atoms with Gasteiger partial charge in [-0.15, -0.1) is 0 Å². The molecule has 2 atom stereocenters. The molecule has 3 fully saturated rings. The Labute approximate surface area is 174 Å². The number of likely N-dealkylation sites (tertiary alicyclic amines) is 2. The van der Waals surface area contributed by atoms with Gasteiger partial charge in [0.25, 0.3) is 0 Å². The number of hydrogen-bond acceptors (Lipinski definition) is 4. The second-order valence-corrected chi connectivity index (χ2v) is 9.11. The Bertz CT molecular complexity index is 730. The highest BCUT2D eigenvalue weighted by Gasteiger charge is 2.46. The van der Waals surface area contributed by atoms with E-state index in [0.717, 1.165) is 43.7 Å². The molecular weight excluding hydrogens is 362 g/mol. The number of nitrogens with zero attached hydrogens (tertiary/aromatic N) is 3. The quantitative estimate of drug-likeness (QED) is 0.686. The summed E-state index contributed by atoms with van der Waals surface area (Å²) in [5, 5.41) is 9.42. The molecule has 0 radical (unpaired) electrons. The lowest BCUT2D eigenvalue weighted by Gasteiger charge is -2.54. The fourth-order valence-corrected chi connectivity index (χ4v) is 5.34. The summed E-state index contributed by atoms with van der Waals surface area (Å²) in [5.41, 5.74) is 1.47. The smallest absolute Gasteiger partial charge is 0.409 e. The first-order valence-electron chi connectivity index (χ1n) is 11.2. The van der Waals surface area contributed by atoms with E-state index in [9.17, 15) is 10.1 Å². The highest BCUT2D eigenvalue weighted by molar-refractivity contribution is 5.67. The number of piperidine rings is 1. The lowest BCUT2D eigenvalue weighted by atomic mass is 9.78. The highest BCUT2D eigenvalue weighted by atomic mass is 16.6. The Morgan fingerprint density at radius 3 is 2.59 bits per heavy atom. The molecule has 1 saturated carbocycles. The van der Waals surface area contributed by atoms with Crippen LogP contribution in [0.1, 0.15) is 56.9 Å². The maximum absolute atomic E-state index is 12.0. The molecule has 29 heavy (non-hydrogen) atoms. The van der Waals surface area contributed by atoms with Crippen molar-refractivity contribution in [3.8, 4) is 6.07 Å². The summed E-state index contributed by atoms with van der Waals surface area (Å²) in [6.07, 6.45) is 6.10. The molecule has 1 aromatic rings. The second-order valence-electron chi connectivity index (χ2n) is 9.11. The normalized spacial score (nSPS) is 26.4. The van der Waals surface area contributed by atoms with Crippen LogP contribution in [0.4, 0.5) is 4.79 Å². The van der Waals surface area contributed by atoms with Crippen LogP contribution in [-0.4, -0.2) is 54.2 Å². The maximum Gasteiger partial charge on any atom is 0.409 e. The van der Waals surface area contributed by atoms with Gasteiger partial charge >= 0.3 is 6.09 Å². The van der Waals surface area contributed by atoms with Gasteiger partial charge in [0.05, 0.1) is 19.1 Å². The number of hydrogen-bond donors (Lipinski definition) is 0. The van der Waals surface area contributed by atoms with Crippen molar-refractivity contribution < 1.29 is 9.53 Å². The number of nitriles is 1. The van der Waals surface area contributed by atoms with E-state index in [1.54, 1.807) is 4.90 Å². The van der Waals surface area contributed by atoms with Crippen LogP contribution in [0, 0.1) is 23.2 Å². The monoisotopic (exact) mass is 395 g/mol. The van der Waals surface area contributed by atoms with Crippen molar-refractivity contribution in [1.82, 2.24) is 9.80 Å². The first-order chi connectivity index (χ1) is 14.1. The van der Waals surface area contributed by atoms with E-state index in [0.29, 0.717) is 26.1 Å². The van der Waals surface area contributed by atoms with Gasteiger partial charge in [0.2, 0.25) is 0 Å². The Morgan fingerprint density at radius 1 is 1.21 bits per heavy atom. The third kappa shape index (κ3) is 4.43. The van der Waals surface area contributed by atoms with Crippen molar-refractivity contribution in [2.45, 2.75) is 56.9 Å². The summed E-state index contributed by atoms with van der Waals surface area (Å²) in [6, 6.07) is 13.3. The van der Waals surface area contributed by atoms with Crippen LogP contribution in [0.5, 0.6) is 0 Å². The molecule has 1 aromatic carbocycles. The molecule has 4 rings (SSSR count). The number of carbonyl (C=O) groups is 1. The van der Waals surface area contributed by atoms with E-state index in [1.807, 2.05) is 6.92 Å². The van der Waals surface area contributed by atoms with Gasteiger partial charge in [0.1, 0.15) is 0 Å². The predicted molar refractivity (Wildman–Crippen MR) is 112 cm³/mol. The molecule has 5 heteroatoms. The van der Waals surface area contributed by atoms with Gasteiger partial charge in [0.15, 0.2) is 0 Å². The molecule has 2 saturated heterocycles. The Morgan fingerprint density at radius 2 is 1.93 bits per heavy atom. The summed E-state index contributed by atoms with van der Waals surface area (Å²) < 4.78 is 5.14. The minimum atomic E-state index is -0.211. The molecule has 2 unspecified atom stereocenters. The van der Waals surface area contributed by atoms with Gasteiger partial charge in [-0.1, -0.05) is 30.3 Å². The van der Waals surface area contributed by atoms with Crippen molar-refractivity contribution in [2.75, 3.05) is 32.8 Å². The third-order valence-electron chi connectivity index (χ3n) is 7.35.